The number of aromatic nitrogens is 4. The van der Waals surface area contributed by atoms with Gasteiger partial charge < -0.3 is 14.8 Å². The second-order valence-corrected chi connectivity index (χ2v) is 9.58. The number of amides is 1. The molecule has 0 aliphatic carbocycles. The lowest BCUT2D eigenvalue weighted by Crippen LogP contribution is -2.28. The first-order valence-electron chi connectivity index (χ1n) is 10.6. The van der Waals surface area contributed by atoms with Gasteiger partial charge in [-0.05, 0) is 42.0 Å². The molecule has 0 spiro atoms. The Bertz CT molecular complexity index is 1360. The van der Waals surface area contributed by atoms with Gasteiger partial charge in [0.05, 0.1) is 31.0 Å². The van der Waals surface area contributed by atoms with Crippen molar-refractivity contribution in [3.63, 3.8) is 0 Å². The maximum absolute atomic E-state index is 13.1. The van der Waals surface area contributed by atoms with E-state index in [1.54, 1.807) is 11.7 Å². The molecule has 1 fully saturated rings. The standard InChI is InChI=1S/C22H23N5O4S2/c1-30-15-5-2-4-14(10-15)11-23-18(28)13-33-22-25-24-21-26(12-16-6-3-8-31-16)20(29)19-17(27(21)22)7-9-32-19/h2,4-5,7,9-10,16H,3,6,8,11-13H2,1H3,(H,23,28)/t16-/m1/s1. The molecule has 4 heterocycles. The van der Waals surface area contributed by atoms with Crippen LogP contribution in [0.25, 0.3) is 16.0 Å². The highest BCUT2D eigenvalue weighted by Crippen LogP contribution is 2.25. The van der Waals surface area contributed by atoms with Crippen LogP contribution in [0.15, 0.2) is 45.7 Å². The van der Waals surface area contributed by atoms with E-state index in [1.165, 1.54) is 23.1 Å². The van der Waals surface area contributed by atoms with Crippen molar-refractivity contribution in [3.8, 4) is 5.75 Å². The number of thioether (sulfide) groups is 1. The van der Waals surface area contributed by atoms with Crippen molar-refractivity contribution in [1.29, 1.82) is 0 Å². The van der Waals surface area contributed by atoms with Gasteiger partial charge in [-0.1, -0.05) is 23.9 Å². The van der Waals surface area contributed by atoms with Crippen LogP contribution in [-0.2, 0) is 22.6 Å². The third-order valence-electron chi connectivity index (χ3n) is 5.55. The third-order valence-corrected chi connectivity index (χ3v) is 7.37. The van der Waals surface area contributed by atoms with Crippen molar-refractivity contribution in [3.05, 3.63) is 51.6 Å². The summed E-state index contributed by atoms with van der Waals surface area (Å²) in [5, 5.41) is 14.0. The minimum atomic E-state index is -0.117. The molecule has 1 aromatic carbocycles. The number of hydrogen-bond acceptors (Lipinski definition) is 8. The molecule has 5 rings (SSSR count). The Kier molecular flexibility index (Phi) is 6.34. The number of methoxy groups -OCH3 is 1. The first-order chi connectivity index (χ1) is 16.1. The summed E-state index contributed by atoms with van der Waals surface area (Å²) in [4.78, 5) is 25.6. The predicted octanol–water partition coefficient (Wildman–Crippen LogP) is 2.70. The smallest absolute Gasteiger partial charge is 0.272 e. The van der Waals surface area contributed by atoms with Crippen LogP contribution in [0.3, 0.4) is 0 Å². The molecule has 1 aliphatic rings. The van der Waals surface area contributed by atoms with Gasteiger partial charge in [-0.3, -0.25) is 18.6 Å². The Balaban J connectivity index is 1.34. The predicted molar refractivity (Wildman–Crippen MR) is 127 cm³/mol. The van der Waals surface area contributed by atoms with Crippen molar-refractivity contribution in [2.45, 2.75) is 37.2 Å². The van der Waals surface area contributed by atoms with E-state index in [0.29, 0.717) is 28.7 Å². The Morgan fingerprint density at radius 1 is 1.36 bits per heavy atom. The number of carbonyl (C=O) groups is 1. The minimum absolute atomic E-state index is 0.000830. The summed E-state index contributed by atoms with van der Waals surface area (Å²) in [6, 6.07) is 9.46. The second-order valence-electron chi connectivity index (χ2n) is 7.72. The van der Waals surface area contributed by atoms with Gasteiger partial charge in [-0.25, -0.2) is 0 Å². The van der Waals surface area contributed by atoms with Gasteiger partial charge in [-0.2, -0.15) is 0 Å². The number of carbonyl (C=O) groups excluding carboxylic acids is 1. The van der Waals surface area contributed by atoms with E-state index in [9.17, 15) is 9.59 Å². The fraction of sp³-hybridized carbons (Fsp3) is 0.364. The van der Waals surface area contributed by atoms with Crippen molar-refractivity contribution >= 4 is 45.0 Å². The molecule has 0 saturated carbocycles. The molecule has 1 atom stereocenters. The number of thiophene rings is 1. The Labute approximate surface area is 197 Å². The maximum Gasteiger partial charge on any atom is 0.272 e. The first-order valence-corrected chi connectivity index (χ1v) is 12.5. The number of nitrogens with zero attached hydrogens (tertiary/aromatic N) is 4. The molecular formula is C22H23N5O4S2. The monoisotopic (exact) mass is 485 g/mol. The lowest BCUT2D eigenvalue weighted by atomic mass is 10.2. The first kappa shape index (κ1) is 21.9. The van der Waals surface area contributed by atoms with E-state index < -0.39 is 0 Å². The number of hydrogen-bond donors (Lipinski definition) is 1. The second kappa shape index (κ2) is 9.54. The molecule has 1 saturated heterocycles. The SMILES string of the molecule is COc1cccc(CNC(=O)CSc2nnc3n(C[C@H]4CCCO4)c(=O)c4sccc4n23)c1. The van der Waals surface area contributed by atoms with Crippen LogP contribution in [0, 0.1) is 0 Å². The summed E-state index contributed by atoms with van der Waals surface area (Å²) >= 11 is 2.69. The molecule has 0 unspecified atom stereocenters. The fourth-order valence-electron chi connectivity index (χ4n) is 3.91. The van der Waals surface area contributed by atoms with Crippen molar-refractivity contribution < 1.29 is 14.3 Å². The zero-order valence-electron chi connectivity index (χ0n) is 18.0. The minimum Gasteiger partial charge on any atom is -0.497 e. The van der Waals surface area contributed by atoms with Crippen LogP contribution in [0.4, 0.5) is 0 Å². The summed E-state index contributed by atoms with van der Waals surface area (Å²) in [6.07, 6.45) is 1.92. The number of ether oxygens (including phenoxy) is 2. The number of nitrogens with one attached hydrogen (secondary N) is 1. The van der Waals surface area contributed by atoms with Crippen LogP contribution >= 0.6 is 23.1 Å². The summed E-state index contributed by atoms with van der Waals surface area (Å²) in [5.41, 5.74) is 1.63. The van der Waals surface area contributed by atoms with Gasteiger partial charge in [-0.15, -0.1) is 21.5 Å². The topological polar surface area (TPSA) is 99.8 Å². The van der Waals surface area contributed by atoms with Crippen molar-refractivity contribution in [1.82, 2.24) is 24.5 Å². The molecule has 33 heavy (non-hydrogen) atoms. The maximum atomic E-state index is 13.1. The van der Waals surface area contributed by atoms with E-state index in [-0.39, 0.29) is 23.3 Å². The van der Waals surface area contributed by atoms with Gasteiger partial charge in [0, 0.05) is 13.2 Å². The summed E-state index contributed by atoms with van der Waals surface area (Å²) in [7, 11) is 1.61. The van der Waals surface area contributed by atoms with E-state index in [4.69, 9.17) is 9.47 Å². The molecule has 9 nitrogen and oxygen atoms in total. The summed E-state index contributed by atoms with van der Waals surface area (Å²) < 4.78 is 15.1. The zero-order chi connectivity index (χ0) is 22.8. The van der Waals surface area contributed by atoms with E-state index in [0.717, 1.165) is 36.3 Å². The number of benzene rings is 1. The Hall–Kier alpha value is -2.89. The fourth-order valence-corrected chi connectivity index (χ4v) is 5.51. The number of rotatable bonds is 8. The summed E-state index contributed by atoms with van der Waals surface area (Å²) in [6.45, 7) is 1.57. The quantitative estimate of drug-likeness (QED) is 0.383. The van der Waals surface area contributed by atoms with Gasteiger partial charge in [0.15, 0.2) is 5.16 Å². The largest absolute Gasteiger partial charge is 0.497 e. The molecule has 172 valence electrons. The van der Waals surface area contributed by atoms with Crippen LogP contribution in [-0.4, -0.2) is 50.6 Å². The molecule has 1 N–H and O–H groups in total. The number of fused-ring (bicyclic) bond motifs is 3. The van der Waals surface area contributed by atoms with Crippen molar-refractivity contribution in [2.75, 3.05) is 19.5 Å². The Morgan fingerprint density at radius 2 is 2.27 bits per heavy atom. The van der Waals surface area contributed by atoms with Crippen molar-refractivity contribution in [2.24, 2.45) is 0 Å². The van der Waals surface area contributed by atoms with Gasteiger partial charge >= 0.3 is 0 Å². The molecule has 1 aliphatic heterocycles. The van der Waals surface area contributed by atoms with Crippen LogP contribution in [0.2, 0.25) is 0 Å². The zero-order valence-corrected chi connectivity index (χ0v) is 19.7. The van der Waals surface area contributed by atoms with Gasteiger partial charge in [0.25, 0.3) is 5.56 Å². The van der Waals surface area contributed by atoms with E-state index in [1.807, 2.05) is 40.1 Å². The molecule has 0 bridgehead atoms. The van der Waals surface area contributed by atoms with E-state index in [2.05, 4.69) is 15.5 Å². The van der Waals surface area contributed by atoms with Crippen LogP contribution in [0.1, 0.15) is 18.4 Å². The third kappa shape index (κ3) is 4.48. The summed E-state index contributed by atoms with van der Waals surface area (Å²) in [5.74, 6) is 1.29. The lowest BCUT2D eigenvalue weighted by Gasteiger charge is -2.13. The molecule has 1 amide bonds. The molecule has 4 aromatic rings. The highest BCUT2D eigenvalue weighted by Gasteiger charge is 2.22. The average molecular weight is 486 g/mol. The van der Waals surface area contributed by atoms with Crippen LogP contribution in [0.5, 0.6) is 5.75 Å². The van der Waals surface area contributed by atoms with Gasteiger partial charge in [0.1, 0.15) is 10.4 Å². The van der Waals surface area contributed by atoms with Crippen LogP contribution < -0.4 is 15.6 Å². The van der Waals surface area contributed by atoms with Gasteiger partial charge in [0.2, 0.25) is 11.7 Å². The van der Waals surface area contributed by atoms with E-state index >= 15 is 0 Å². The normalized spacial score (nSPS) is 16.0. The average Bonchev–Trinajstić information content (AvgIpc) is 3.59. The molecule has 11 heteroatoms. The molecular weight excluding hydrogens is 462 g/mol. The molecule has 3 aromatic heterocycles. The molecule has 0 radical (unpaired) electrons. The highest BCUT2D eigenvalue weighted by atomic mass is 32.2. The Morgan fingerprint density at radius 3 is 3.09 bits per heavy atom. The highest BCUT2D eigenvalue weighted by molar-refractivity contribution is 7.99. The lowest BCUT2D eigenvalue weighted by molar-refractivity contribution is -0.118.